The van der Waals surface area contributed by atoms with Gasteiger partial charge in [0.05, 0.1) is 24.1 Å². The average Bonchev–Trinajstić information content (AvgIpc) is 2.60. The highest BCUT2D eigenvalue weighted by molar-refractivity contribution is 5.92. The predicted octanol–water partition coefficient (Wildman–Crippen LogP) is 4.04. The molecule has 5 rings (SSSR count). The maximum Gasteiger partial charge on any atom is 0.306 e. The van der Waals surface area contributed by atoms with Crippen LogP contribution in [0.5, 0.6) is 0 Å². The quantitative estimate of drug-likeness (QED) is 0.771. The van der Waals surface area contributed by atoms with Crippen LogP contribution in [0.4, 0.5) is 5.69 Å². The fourth-order valence-corrected chi connectivity index (χ4v) is 6.02. The van der Waals surface area contributed by atoms with E-state index in [0.717, 1.165) is 17.8 Å². The summed E-state index contributed by atoms with van der Waals surface area (Å²) in [7, 11) is 0. The van der Waals surface area contributed by atoms with Crippen molar-refractivity contribution in [3.63, 3.8) is 0 Å². The zero-order chi connectivity index (χ0) is 18.9. The van der Waals surface area contributed by atoms with E-state index in [1.807, 2.05) is 6.07 Å². The summed E-state index contributed by atoms with van der Waals surface area (Å²) >= 11 is 0. The zero-order valence-corrected chi connectivity index (χ0v) is 15.6. The van der Waals surface area contributed by atoms with Crippen LogP contribution in [0, 0.1) is 34.5 Å². The van der Waals surface area contributed by atoms with Crippen molar-refractivity contribution in [1.82, 2.24) is 0 Å². The Morgan fingerprint density at radius 3 is 2.37 bits per heavy atom. The molecule has 0 unspecified atom stereocenters. The fourth-order valence-electron chi connectivity index (χ4n) is 6.02. The van der Waals surface area contributed by atoms with Crippen LogP contribution in [0.15, 0.2) is 24.3 Å². The smallest absolute Gasteiger partial charge is 0.306 e. The van der Waals surface area contributed by atoms with Gasteiger partial charge >= 0.3 is 5.97 Å². The first kappa shape index (κ1) is 18.0. The van der Waals surface area contributed by atoms with Gasteiger partial charge in [0.25, 0.3) is 0 Å². The Morgan fingerprint density at radius 2 is 1.74 bits per heavy atom. The fraction of sp³-hybridized carbons (Fsp3) is 0.591. The first-order chi connectivity index (χ1) is 13.0. The Bertz CT molecular complexity index is 745. The normalized spacial score (nSPS) is 30.6. The molecule has 4 fully saturated rings. The first-order valence-corrected chi connectivity index (χ1v) is 10.00. The molecule has 27 heavy (non-hydrogen) atoms. The molecule has 1 aromatic carbocycles. The molecule has 0 aliphatic heterocycles. The molecule has 1 amide bonds. The molecule has 4 bridgehead atoms. The molecule has 142 valence electrons. The summed E-state index contributed by atoms with van der Waals surface area (Å²) in [5, 5.41) is 11.8. The minimum absolute atomic E-state index is 0.0890. The molecule has 1 N–H and O–H groups in total. The molecule has 0 saturated heterocycles. The Balaban J connectivity index is 1.23. The second-order valence-electron chi connectivity index (χ2n) is 8.77. The van der Waals surface area contributed by atoms with Gasteiger partial charge in [-0.3, -0.25) is 9.59 Å². The van der Waals surface area contributed by atoms with E-state index >= 15 is 0 Å². The average molecular weight is 366 g/mol. The van der Waals surface area contributed by atoms with Crippen LogP contribution >= 0.6 is 0 Å². The maximum atomic E-state index is 12.4. The number of nitrogens with one attached hydrogen (secondary N) is 1. The standard InChI is InChI=1S/C22H26N2O3/c23-14-18-3-1-2-4-19(18)24-20(25)5-6-27-21(26)13-22-10-15-7-16(11-22)9-17(8-15)12-22/h1-4,15-17H,5-13H2,(H,24,25). The lowest BCUT2D eigenvalue weighted by molar-refractivity contribution is -0.152. The van der Waals surface area contributed by atoms with Gasteiger partial charge in [0.1, 0.15) is 12.7 Å². The first-order valence-electron chi connectivity index (χ1n) is 10.00. The number of carbonyl (C=O) groups excluding carboxylic acids is 2. The van der Waals surface area contributed by atoms with Crippen LogP contribution in [-0.2, 0) is 14.3 Å². The number of anilines is 1. The molecule has 5 heteroatoms. The largest absolute Gasteiger partial charge is 0.465 e. The minimum atomic E-state index is -0.250. The molecule has 0 spiro atoms. The van der Waals surface area contributed by atoms with Gasteiger partial charge in [0, 0.05) is 0 Å². The van der Waals surface area contributed by atoms with E-state index in [-0.39, 0.29) is 30.3 Å². The van der Waals surface area contributed by atoms with Crippen molar-refractivity contribution in [3.8, 4) is 6.07 Å². The molecule has 0 aromatic heterocycles. The second-order valence-corrected chi connectivity index (χ2v) is 8.77. The number of hydrogen-bond acceptors (Lipinski definition) is 4. The summed E-state index contributed by atoms with van der Waals surface area (Å²) in [4.78, 5) is 24.4. The summed E-state index contributed by atoms with van der Waals surface area (Å²) < 4.78 is 5.38. The lowest BCUT2D eigenvalue weighted by Gasteiger charge is -2.56. The molecule has 0 atom stereocenters. The van der Waals surface area contributed by atoms with Gasteiger partial charge < -0.3 is 10.1 Å². The second kappa shape index (κ2) is 7.34. The zero-order valence-electron chi connectivity index (χ0n) is 15.6. The molecule has 1 aromatic rings. The highest BCUT2D eigenvalue weighted by atomic mass is 16.5. The molecule has 4 aliphatic carbocycles. The molecule has 4 aliphatic rings. The number of nitrogens with zero attached hydrogens (tertiary/aromatic N) is 1. The van der Waals surface area contributed by atoms with Gasteiger partial charge in [0.15, 0.2) is 0 Å². The van der Waals surface area contributed by atoms with Crippen molar-refractivity contribution < 1.29 is 14.3 Å². The van der Waals surface area contributed by atoms with Crippen LogP contribution in [0.2, 0.25) is 0 Å². The van der Waals surface area contributed by atoms with Crippen molar-refractivity contribution in [2.45, 2.75) is 51.4 Å². The number of amides is 1. The highest BCUT2D eigenvalue weighted by Gasteiger charge is 2.51. The number of para-hydroxylation sites is 1. The van der Waals surface area contributed by atoms with Crippen molar-refractivity contribution in [2.75, 3.05) is 11.9 Å². The Morgan fingerprint density at radius 1 is 1.11 bits per heavy atom. The number of ether oxygens (including phenoxy) is 1. The predicted molar refractivity (Wildman–Crippen MR) is 101 cm³/mol. The van der Waals surface area contributed by atoms with Crippen molar-refractivity contribution in [3.05, 3.63) is 29.8 Å². The van der Waals surface area contributed by atoms with E-state index < -0.39 is 0 Å². The summed E-state index contributed by atoms with van der Waals surface area (Å²) in [6.07, 6.45) is 8.23. The maximum absolute atomic E-state index is 12.4. The number of carbonyl (C=O) groups is 2. The van der Waals surface area contributed by atoms with Crippen LogP contribution in [0.25, 0.3) is 0 Å². The number of rotatable bonds is 6. The molecule has 0 radical (unpaired) electrons. The van der Waals surface area contributed by atoms with E-state index in [4.69, 9.17) is 10.00 Å². The lowest BCUT2D eigenvalue weighted by Crippen LogP contribution is -2.47. The van der Waals surface area contributed by atoms with Crippen molar-refractivity contribution in [1.29, 1.82) is 5.26 Å². The molecular formula is C22H26N2O3. The highest BCUT2D eigenvalue weighted by Crippen LogP contribution is 2.61. The molecule has 5 nitrogen and oxygen atoms in total. The van der Waals surface area contributed by atoms with Crippen LogP contribution in [0.1, 0.15) is 56.9 Å². The Hall–Kier alpha value is -2.35. The summed E-state index contributed by atoms with van der Waals surface area (Å²) in [5.74, 6) is 2.03. The molecule has 0 heterocycles. The monoisotopic (exact) mass is 366 g/mol. The van der Waals surface area contributed by atoms with Crippen LogP contribution in [-0.4, -0.2) is 18.5 Å². The van der Waals surface area contributed by atoms with Crippen LogP contribution in [0.3, 0.4) is 0 Å². The summed E-state index contributed by atoms with van der Waals surface area (Å²) in [5.41, 5.74) is 1.08. The van der Waals surface area contributed by atoms with Gasteiger partial charge in [-0.05, 0) is 73.8 Å². The molecular weight excluding hydrogens is 340 g/mol. The van der Waals surface area contributed by atoms with E-state index in [1.54, 1.807) is 24.3 Å². The van der Waals surface area contributed by atoms with Gasteiger partial charge in [-0.2, -0.15) is 5.26 Å². The Labute approximate surface area is 160 Å². The van der Waals surface area contributed by atoms with Gasteiger partial charge in [-0.1, -0.05) is 12.1 Å². The third kappa shape index (κ3) is 4.00. The van der Waals surface area contributed by atoms with E-state index in [0.29, 0.717) is 17.7 Å². The number of benzene rings is 1. The lowest BCUT2D eigenvalue weighted by atomic mass is 9.49. The van der Waals surface area contributed by atoms with E-state index in [2.05, 4.69) is 5.32 Å². The summed E-state index contributed by atoms with van der Waals surface area (Å²) in [6.45, 7) is 0.0890. The topological polar surface area (TPSA) is 79.2 Å². The third-order valence-electron chi connectivity index (χ3n) is 6.60. The van der Waals surface area contributed by atoms with E-state index in [1.165, 1.54) is 38.5 Å². The number of hydrogen-bond donors (Lipinski definition) is 1. The Kier molecular flexibility index (Phi) is 4.90. The summed E-state index contributed by atoms with van der Waals surface area (Å²) in [6, 6.07) is 8.91. The van der Waals surface area contributed by atoms with E-state index in [9.17, 15) is 9.59 Å². The SMILES string of the molecule is N#Cc1ccccc1NC(=O)CCOC(=O)CC12CC3CC(CC(C3)C1)C2. The van der Waals surface area contributed by atoms with Crippen LogP contribution < -0.4 is 5.32 Å². The van der Waals surface area contributed by atoms with Gasteiger partial charge in [0.2, 0.25) is 5.91 Å². The van der Waals surface area contributed by atoms with Gasteiger partial charge in [-0.15, -0.1) is 0 Å². The van der Waals surface area contributed by atoms with Crippen molar-refractivity contribution in [2.24, 2.45) is 23.2 Å². The number of nitriles is 1. The third-order valence-corrected chi connectivity index (χ3v) is 6.60. The number of esters is 1. The molecule has 4 saturated carbocycles. The minimum Gasteiger partial charge on any atom is -0.465 e. The van der Waals surface area contributed by atoms with Crippen molar-refractivity contribution >= 4 is 17.6 Å². The van der Waals surface area contributed by atoms with Gasteiger partial charge in [-0.25, -0.2) is 0 Å².